The maximum atomic E-state index is 5.79. The van der Waals surface area contributed by atoms with Crippen LogP contribution in [0.15, 0.2) is 11.6 Å². The van der Waals surface area contributed by atoms with Crippen LogP contribution in [0.1, 0.15) is 92.9 Å². The summed E-state index contributed by atoms with van der Waals surface area (Å²) >= 11 is 0. The van der Waals surface area contributed by atoms with Crippen molar-refractivity contribution in [2.45, 2.75) is 99.2 Å². The maximum absolute atomic E-state index is 5.79. The fourth-order valence-corrected chi connectivity index (χ4v) is 3.21. The van der Waals surface area contributed by atoms with Crippen LogP contribution in [0.4, 0.5) is 0 Å². The lowest BCUT2D eigenvalue weighted by molar-refractivity contribution is -0.223. The van der Waals surface area contributed by atoms with E-state index in [1.165, 1.54) is 44.1 Å². The quantitative estimate of drug-likeness (QED) is 0.388. The monoisotopic (exact) mass is 338 g/mol. The molecule has 0 aromatic rings. The Bertz CT molecular complexity index is 347. The zero-order valence-electron chi connectivity index (χ0n) is 17.2. The first-order chi connectivity index (χ1) is 11.3. The van der Waals surface area contributed by atoms with Gasteiger partial charge in [0, 0.05) is 11.8 Å². The van der Waals surface area contributed by atoms with Gasteiger partial charge < -0.3 is 9.47 Å². The zero-order valence-corrected chi connectivity index (χ0v) is 17.2. The highest BCUT2D eigenvalue weighted by atomic mass is 16.7. The van der Waals surface area contributed by atoms with E-state index in [0.717, 1.165) is 37.9 Å². The molecule has 0 aliphatic carbocycles. The average molecular weight is 339 g/mol. The number of hydrogen-bond donors (Lipinski definition) is 0. The van der Waals surface area contributed by atoms with Gasteiger partial charge in [0.05, 0.1) is 13.2 Å². The molecule has 1 aliphatic rings. The van der Waals surface area contributed by atoms with Gasteiger partial charge >= 0.3 is 0 Å². The molecule has 0 radical (unpaired) electrons. The van der Waals surface area contributed by atoms with E-state index >= 15 is 0 Å². The Kier molecular flexibility index (Phi) is 10.2. The Balaban J connectivity index is 2.06. The molecule has 142 valence electrons. The molecule has 0 saturated carbocycles. The molecule has 1 unspecified atom stereocenters. The van der Waals surface area contributed by atoms with Crippen molar-refractivity contribution in [2.75, 3.05) is 13.2 Å². The van der Waals surface area contributed by atoms with Gasteiger partial charge in [-0.2, -0.15) is 0 Å². The number of rotatable bonds is 11. The zero-order chi connectivity index (χ0) is 18.0. The third-order valence-corrected chi connectivity index (χ3v) is 4.96. The van der Waals surface area contributed by atoms with Crippen molar-refractivity contribution in [3.63, 3.8) is 0 Å². The minimum Gasteiger partial charge on any atom is -0.352 e. The number of allylic oxidation sites excluding steroid dienone is 2. The van der Waals surface area contributed by atoms with Crippen LogP contribution in [0, 0.1) is 17.3 Å². The van der Waals surface area contributed by atoms with Crippen LogP contribution in [-0.4, -0.2) is 19.5 Å². The van der Waals surface area contributed by atoms with Gasteiger partial charge in [-0.25, -0.2) is 0 Å². The Hall–Kier alpha value is -0.340. The number of hydrogen-bond acceptors (Lipinski definition) is 2. The van der Waals surface area contributed by atoms with Gasteiger partial charge in [0.15, 0.2) is 6.29 Å². The average Bonchev–Trinajstić information content (AvgIpc) is 2.48. The summed E-state index contributed by atoms with van der Waals surface area (Å²) < 4.78 is 11.6. The summed E-state index contributed by atoms with van der Waals surface area (Å²) in [5.74, 6) is 1.73. The van der Waals surface area contributed by atoms with Crippen molar-refractivity contribution in [1.82, 2.24) is 0 Å². The predicted molar refractivity (Wildman–Crippen MR) is 104 cm³/mol. The second-order valence-electron chi connectivity index (χ2n) is 9.17. The molecule has 1 fully saturated rings. The molecule has 2 heteroatoms. The van der Waals surface area contributed by atoms with E-state index in [0.29, 0.717) is 0 Å². The molecular formula is C22H42O2. The van der Waals surface area contributed by atoms with Gasteiger partial charge in [-0.15, -0.1) is 0 Å². The van der Waals surface area contributed by atoms with Crippen LogP contribution >= 0.6 is 0 Å². The van der Waals surface area contributed by atoms with Crippen molar-refractivity contribution >= 4 is 0 Å². The standard InChI is InChI=1S/C22H42O2/c1-18(2)10-7-11-19(3)12-8-13-20(4)14-9-15-21-23-16-22(5,6)17-24-21/h14,18-19,21H,7-13,15-17H2,1-6H3. The SMILES string of the molecule is CC(=CCCC1OCC(C)(C)CO1)CCCC(C)CCCC(C)C. The largest absolute Gasteiger partial charge is 0.352 e. The van der Waals surface area contributed by atoms with Gasteiger partial charge in [-0.3, -0.25) is 0 Å². The van der Waals surface area contributed by atoms with Crippen molar-refractivity contribution in [3.8, 4) is 0 Å². The van der Waals surface area contributed by atoms with Gasteiger partial charge in [0.2, 0.25) is 0 Å². The summed E-state index contributed by atoms with van der Waals surface area (Å²) in [6.07, 6.45) is 12.6. The van der Waals surface area contributed by atoms with E-state index in [4.69, 9.17) is 9.47 Å². The highest BCUT2D eigenvalue weighted by Crippen LogP contribution is 2.25. The van der Waals surface area contributed by atoms with Crippen molar-refractivity contribution in [1.29, 1.82) is 0 Å². The third kappa shape index (κ3) is 10.5. The van der Waals surface area contributed by atoms with Gasteiger partial charge in [0.1, 0.15) is 0 Å². The third-order valence-electron chi connectivity index (χ3n) is 4.96. The molecular weight excluding hydrogens is 296 g/mol. The molecule has 0 N–H and O–H groups in total. The molecule has 1 heterocycles. The second-order valence-corrected chi connectivity index (χ2v) is 9.17. The van der Waals surface area contributed by atoms with Gasteiger partial charge in [0.25, 0.3) is 0 Å². The first-order valence-electron chi connectivity index (χ1n) is 10.2. The lowest BCUT2D eigenvalue weighted by atomic mass is 9.94. The summed E-state index contributed by atoms with van der Waals surface area (Å²) in [7, 11) is 0. The molecule has 2 nitrogen and oxygen atoms in total. The van der Waals surface area contributed by atoms with Crippen LogP contribution in [0.5, 0.6) is 0 Å². The fourth-order valence-electron chi connectivity index (χ4n) is 3.21. The topological polar surface area (TPSA) is 18.5 Å². The number of ether oxygens (including phenoxy) is 2. The molecule has 0 aromatic heterocycles. The summed E-state index contributed by atoms with van der Waals surface area (Å²) in [5, 5.41) is 0. The van der Waals surface area contributed by atoms with Crippen LogP contribution in [-0.2, 0) is 9.47 Å². The Morgan fingerprint density at radius 2 is 1.67 bits per heavy atom. The molecule has 0 aromatic carbocycles. The smallest absolute Gasteiger partial charge is 0.157 e. The van der Waals surface area contributed by atoms with E-state index in [9.17, 15) is 0 Å². The minimum atomic E-state index is 0.00283. The van der Waals surface area contributed by atoms with Crippen molar-refractivity contribution < 1.29 is 9.47 Å². The van der Waals surface area contributed by atoms with E-state index < -0.39 is 0 Å². The summed E-state index contributed by atoms with van der Waals surface area (Å²) in [4.78, 5) is 0. The molecule has 1 atom stereocenters. The van der Waals surface area contributed by atoms with E-state index in [-0.39, 0.29) is 11.7 Å². The lowest BCUT2D eigenvalue weighted by Gasteiger charge is -2.34. The van der Waals surface area contributed by atoms with Crippen LogP contribution < -0.4 is 0 Å². The maximum Gasteiger partial charge on any atom is 0.157 e. The molecule has 1 rings (SSSR count). The van der Waals surface area contributed by atoms with Crippen LogP contribution in [0.3, 0.4) is 0 Å². The van der Waals surface area contributed by atoms with E-state index in [2.05, 4.69) is 47.6 Å². The highest BCUT2D eigenvalue weighted by molar-refractivity contribution is 4.97. The first-order valence-corrected chi connectivity index (χ1v) is 10.2. The molecule has 0 amide bonds. The highest BCUT2D eigenvalue weighted by Gasteiger charge is 2.27. The van der Waals surface area contributed by atoms with Gasteiger partial charge in [-0.1, -0.05) is 72.0 Å². The second kappa shape index (κ2) is 11.3. The van der Waals surface area contributed by atoms with E-state index in [1.54, 1.807) is 0 Å². The predicted octanol–water partition coefficient (Wildman–Crippen LogP) is 6.74. The Labute approximate surface area is 151 Å². The minimum absolute atomic E-state index is 0.00283. The van der Waals surface area contributed by atoms with Gasteiger partial charge in [-0.05, 0) is 38.0 Å². The molecule has 1 aliphatic heterocycles. The molecule has 24 heavy (non-hydrogen) atoms. The van der Waals surface area contributed by atoms with Crippen molar-refractivity contribution in [3.05, 3.63) is 11.6 Å². The van der Waals surface area contributed by atoms with E-state index in [1.807, 2.05) is 0 Å². The molecule has 0 spiro atoms. The van der Waals surface area contributed by atoms with Crippen molar-refractivity contribution in [2.24, 2.45) is 17.3 Å². The lowest BCUT2D eigenvalue weighted by Crippen LogP contribution is -2.37. The Morgan fingerprint density at radius 1 is 1.04 bits per heavy atom. The summed E-state index contributed by atoms with van der Waals surface area (Å²) in [6, 6.07) is 0. The molecule has 0 bridgehead atoms. The summed E-state index contributed by atoms with van der Waals surface area (Å²) in [6.45, 7) is 15.3. The normalized spacial score (nSPS) is 20.5. The summed E-state index contributed by atoms with van der Waals surface area (Å²) in [5.41, 5.74) is 1.70. The molecule has 1 saturated heterocycles. The van der Waals surface area contributed by atoms with Crippen LogP contribution in [0.2, 0.25) is 0 Å². The van der Waals surface area contributed by atoms with Crippen LogP contribution in [0.25, 0.3) is 0 Å². The first kappa shape index (κ1) is 21.7. The Morgan fingerprint density at radius 3 is 2.29 bits per heavy atom. The fraction of sp³-hybridized carbons (Fsp3) is 0.909.